The van der Waals surface area contributed by atoms with Gasteiger partial charge in [0.1, 0.15) is 11.5 Å². The second kappa shape index (κ2) is 7.08. The normalized spacial score (nSPS) is 19.5. The van der Waals surface area contributed by atoms with Crippen LogP contribution in [0.5, 0.6) is 0 Å². The minimum atomic E-state index is 0.405. The zero-order valence-electron chi connectivity index (χ0n) is 12.4. The molecule has 2 rings (SSSR count). The van der Waals surface area contributed by atoms with Gasteiger partial charge in [-0.2, -0.15) is 0 Å². The first-order chi connectivity index (χ1) is 9.19. The standard InChI is InChI=1S/C15H26N2O2/c1-4-16-9-15-12(2)8-14(19-15)11-17(3)10-13-6-5-7-18-13/h8,13,16H,4-7,9-11H2,1-3H3. The van der Waals surface area contributed by atoms with Crippen LogP contribution in [0.15, 0.2) is 10.5 Å². The van der Waals surface area contributed by atoms with Crippen molar-refractivity contribution < 1.29 is 9.15 Å². The molecule has 0 saturated carbocycles. The van der Waals surface area contributed by atoms with Crippen molar-refractivity contribution in [3.05, 3.63) is 23.2 Å². The van der Waals surface area contributed by atoms with Crippen LogP contribution in [0.2, 0.25) is 0 Å². The Bertz CT molecular complexity index is 383. The smallest absolute Gasteiger partial charge is 0.120 e. The maximum absolute atomic E-state index is 5.91. The summed E-state index contributed by atoms with van der Waals surface area (Å²) in [5, 5.41) is 3.30. The lowest BCUT2D eigenvalue weighted by Crippen LogP contribution is -2.28. The Labute approximate surface area is 116 Å². The number of likely N-dealkylation sites (N-methyl/N-ethyl adjacent to an activating group) is 1. The van der Waals surface area contributed by atoms with E-state index in [1.807, 2.05) is 0 Å². The van der Waals surface area contributed by atoms with E-state index in [2.05, 4.69) is 37.2 Å². The molecule has 0 bridgehead atoms. The number of nitrogens with one attached hydrogen (secondary N) is 1. The molecule has 1 atom stereocenters. The molecule has 1 aromatic heterocycles. The second-order valence-electron chi connectivity index (χ2n) is 5.43. The molecule has 1 aromatic rings. The largest absolute Gasteiger partial charge is 0.463 e. The van der Waals surface area contributed by atoms with Crippen molar-refractivity contribution in [3.8, 4) is 0 Å². The predicted octanol–water partition coefficient (Wildman–Crippen LogP) is 2.31. The highest BCUT2D eigenvalue weighted by Crippen LogP contribution is 2.18. The molecule has 108 valence electrons. The van der Waals surface area contributed by atoms with Crippen LogP contribution in [0.25, 0.3) is 0 Å². The van der Waals surface area contributed by atoms with Crippen LogP contribution in [0.4, 0.5) is 0 Å². The molecule has 0 amide bonds. The molecule has 1 N–H and O–H groups in total. The van der Waals surface area contributed by atoms with E-state index in [-0.39, 0.29) is 0 Å². The van der Waals surface area contributed by atoms with Gasteiger partial charge in [-0.05, 0) is 45.0 Å². The molecule has 19 heavy (non-hydrogen) atoms. The third-order valence-electron chi connectivity index (χ3n) is 3.57. The Kier molecular flexibility index (Phi) is 5.43. The highest BCUT2D eigenvalue weighted by atomic mass is 16.5. The maximum Gasteiger partial charge on any atom is 0.120 e. The molecule has 1 aliphatic heterocycles. The van der Waals surface area contributed by atoms with Gasteiger partial charge in [-0.3, -0.25) is 4.90 Å². The summed E-state index contributed by atoms with van der Waals surface area (Å²) in [7, 11) is 2.13. The third kappa shape index (κ3) is 4.34. The summed E-state index contributed by atoms with van der Waals surface area (Å²) in [6.07, 6.45) is 2.79. The van der Waals surface area contributed by atoms with Gasteiger partial charge in [0.15, 0.2) is 0 Å². The lowest BCUT2D eigenvalue weighted by atomic mass is 10.2. The van der Waals surface area contributed by atoms with Gasteiger partial charge in [0.2, 0.25) is 0 Å². The average Bonchev–Trinajstić information content (AvgIpc) is 2.97. The van der Waals surface area contributed by atoms with Gasteiger partial charge in [-0.1, -0.05) is 6.92 Å². The zero-order valence-corrected chi connectivity index (χ0v) is 12.4. The molecule has 1 fully saturated rings. The van der Waals surface area contributed by atoms with Crippen LogP contribution in [-0.2, 0) is 17.8 Å². The van der Waals surface area contributed by atoms with Gasteiger partial charge in [-0.25, -0.2) is 0 Å². The SMILES string of the molecule is CCNCc1oc(CN(C)CC2CCCO2)cc1C. The summed E-state index contributed by atoms with van der Waals surface area (Å²) in [6, 6.07) is 2.15. The van der Waals surface area contributed by atoms with Crippen molar-refractivity contribution in [1.29, 1.82) is 0 Å². The summed E-state index contributed by atoms with van der Waals surface area (Å²) in [4.78, 5) is 2.28. The molecule has 1 aliphatic rings. The number of ether oxygens (including phenoxy) is 1. The van der Waals surface area contributed by atoms with E-state index in [0.717, 1.165) is 44.3 Å². The predicted molar refractivity (Wildman–Crippen MR) is 76.1 cm³/mol. The molecule has 2 heterocycles. The van der Waals surface area contributed by atoms with Crippen LogP contribution in [0, 0.1) is 6.92 Å². The first kappa shape index (κ1) is 14.6. The fraction of sp³-hybridized carbons (Fsp3) is 0.733. The van der Waals surface area contributed by atoms with Gasteiger partial charge in [0.05, 0.1) is 19.2 Å². The first-order valence-corrected chi connectivity index (χ1v) is 7.28. The van der Waals surface area contributed by atoms with Crippen molar-refractivity contribution in [1.82, 2.24) is 10.2 Å². The van der Waals surface area contributed by atoms with E-state index in [1.54, 1.807) is 0 Å². The molecule has 0 radical (unpaired) electrons. The van der Waals surface area contributed by atoms with Crippen molar-refractivity contribution in [3.63, 3.8) is 0 Å². The number of rotatable bonds is 7. The van der Waals surface area contributed by atoms with E-state index in [4.69, 9.17) is 9.15 Å². The average molecular weight is 266 g/mol. The Balaban J connectivity index is 1.83. The van der Waals surface area contributed by atoms with Gasteiger partial charge in [0, 0.05) is 13.2 Å². The number of furan rings is 1. The van der Waals surface area contributed by atoms with E-state index < -0.39 is 0 Å². The number of hydrogen-bond donors (Lipinski definition) is 1. The Morgan fingerprint density at radius 1 is 1.47 bits per heavy atom. The van der Waals surface area contributed by atoms with Crippen molar-refractivity contribution >= 4 is 0 Å². The monoisotopic (exact) mass is 266 g/mol. The Morgan fingerprint density at radius 3 is 3.00 bits per heavy atom. The van der Waals surface area contributed by atoms with E-state index in [9.17, 15) is 0 Å². The van der Waals surface area contributed by atoms with Crippen molar-refractivity contribution in [2.24, 2.45) is 0 Å². The van der Waals surface area contributed by atoms with E-state index in [0.29, 0.717) is 6.10 Å². The fourth-order valence-corrected chi connectivity index (χ4v) is 2.55. The van der Waals surface area contributed by atoms with Gasteiger partial charge in [-0.15, -0.1) is 0 Å². The summed E-state index contributed by atoms with van der Waals surface area (Å²) in [5.41, 5.74) is 1.24. The van der Waals surface area contributed by atoms with Crippen molar-refractivity contribution in [2.45, 2.75) is 45.9 Å². The third-order valence-corrected chi connectivity index (χ3v) is 3.57. The van der Waals surface area contributed by atoms with Crippen molar-refractivity contribution in [2.75, 3.05) is 26.7 Å². The Hall–Kier alpha value is -0.840. The van der Waals surface area contributed by atoms with Crippen LogP contribution in [0.3, 0.4) is 0 Å². The van der Waals surface area contributed by atoms with Crippen LogP contribution < -0.4 is 5.32 Å². The van der Waals surface area contributed by atoms with Crippen LogP contribution in [-0.4, -0.2) is 37.7 Å². The summed E-state index contributed by atoms with van der Waals surface area (Å²) in [5.74, 6) is 2.10. The second-order valence-corrected chi connectivity index (χ2v) is 5.43. The van der Waals surface area contributed by atoms with Crippen LogP contribution >= 0.6 is 0 Å². The molecule has 4 heteroatoms. The number of hydrogen-bond acceptors (Lipinski definition) is 4. The van der Waals surface area contributed by atoms with Gasteiger partial charge in [0.25, 0.3) is 0 Å². The molecule has 0 spiro atoms. The lowest BCUT2D eigenvalue weighted by molar-refractivity contribution is 0.0773. The van der Waals surface area contributed by atoms with Gasteiger partial charge < -0.3 is 14.5 Å². The highest BCUT2D eigenvalue weighted by Gasteiger charge is 2.18. The van der Waals surface area contributed by atoms with Crippen LogP contribution in [0.1, 0.15) is 36.8 Å². The summed E-state index contributed by atoms with van der Waals surface area (Å²) in [6.45, 7) is 8.76. The highest BCUT2D eigenvalue weighted by molar-refractivity contribution is 5.20. The Morgan fingerprint density at radius 2 is 2.32 bits per heavy atom. The zero-order chi connectivity index (χ0) is 13.7. The lowest BCUT2D eigenvalue weighted by Gasteiger charge is -2.19. The minimum absolute atomic E-state index is 0.405. The molecule has 0 aromatic carbocycles. The fourth-order valence-electron chi connectivity index (χ4n) is 2.55. The van der Waals surface area contributed by atoms with E-state index >= 15 is 0 Å². The quantitative estimate of drug-likeness (QED) is 0.822. The number of aryl methyl sites for hydroxylation is 1. The topological polar surface area (TPSA) is 37.6 Å². The summed E-state index contributed by atoms with van der Waals surface area (Å²) >= 11 is 0. The molecule has 4 nitrogen and oxygen atoms in total. The maximum atomic E-state index is 5.91. The van der Waals surface area contributed by atoms with E-state index in [1.165, 1.54) is 18.4 Å². The number of nitrogens with zero attached hydrogens (tertiary/aromatic N) is 1. The first-order valence-electron chi connectivity index (χ1n) is 7.28. The molecular formula is C15H26N2O2. The minimum Gasteiger partial charge on any atom is -0.463 e. The molecular weight excluding hydrogens is 240 g/mol. The summed E-state index contributed by atoms with van der Waals surface area (Å²) < 4.78 is 11.6. The molecule has 1 unspecified atom stereocenters. The molecule has 0 aliphatic carbocycles. The molecule has 1 saturated heterocycles. The van der Waals surface area contributed by atoms with Gasteiger partial charge >= 0.3 is 0 Å².